The maximum Gasteiger partial charge on any atom is 0.208 e. The summed E-state index contributed by atoms with van der Waals surface area (Å²) in [6.07, 6.45) is 7.71. The summed E-state index contributed by atoms with van der Waals surface area (Å²) in [5, 5.41) is 6.79. The number of hydrogen-bond acceptors (Lipinski definition) is 5. The largest absolute Gasteiger partial charge is 0.491 e. The molecule has 0 atom stereocenters. The van der Waals surface area contributed by atoms with Crippen molar-refractivity contribution < 1.29 is 13.2 Å². The van der Waals surface area contributed by atoms with Crippen LogP contribution in [0.1, 0.15) is 19.3 Å². The smallest absolute Gasteiger partial charge is 0.208 e. The molecule has 3 saturated carbocycles. The first-order chi connectivity index (χ1) is 11.4. The van der Waals surface area contributed by atoms with Gasteiger partial charge in [0.1, 0.15) is 5.75 Å². The molecule has 128 valence electrons. The van der Waals surface area contributed by atoms with Crippen molar-refractivity contribution in [1.82, 2.24) is 19.9 Å². The summed E-state index contributed by atoms with van der Waals surface area (Å²) in [7, 11) is -3.10. The predicted molar refractivity (Wildman–Crippen MR) is 88.9 cm³/mol. The first-order valence-electron chi connectivity index (χ1n) is 7.91. The average molecular weight is 348 g/mol. The van der Waals surface area contributed by atoms with Gasteiger partial charge in [-0.3, -0.25) is 10.1 Å². The molecule has 3 fully saturated rings. The number of aromatic amines is 1. The molecular formula is C16H20N4O3S. The number of sulfonamides is 1. The molecule has 0 amide bonds. The van der Waals surface area contributed by atoms with Crippen LogP contribution in [-0.4, -0.2) is 43.0 Å². The SMILES string of the molecule is CS(=O)(=O)NC[C@]12C[C@](COc3ccc(-c4ccn[nH]4)nc3)(C1)C2. The van der Waals surface area contributed by atoms with Crippen molar-refractivity contribution >= 4 is 10.0 Å². The molecule has 2 aromatic rings. The van der Waals surface area contributed by atoms with E-state index >= 15 is 0 Å². The van der Waals surface area contributed by atoms with Crippen LogP contribution >= 0.6 is 0 Å². The predicted octanol–water partition coefficient (Wildman–Crippen LogP) is 1.57. The molecule has 0 saturated heterocycles. The molecule has 0 aromatic carbocycles. The lowest BCUT2D eigenvalue weighted by Crippen LogP contribution is -2.67. The second-order valence-corrected chi connectivity index (χ2v) is 9.09. The Morgan fingerprint density at radius 2 is 2.04 bits per heavy atom. The van der Waals surface area contributed by atoms with Gasteiger partial charge in [-0.2, -0.15) is 5.10 Å². The van der Waals surface area contributed by atoms with E-state index < -0.39 is 10.0 Å². The lowest BCUT2D eigenvalue weighted by atomic mass is 9.35. The number of nitrogens with one attached hydrogen (secondary N) is 2. The molecule has 5 rings (SSSR count). The summed E-state index contributed by atoms with van der Waals surface area (Å²) in [6, 6.07) is 5.69. The number of aromatic nitrogens is 3. The summed E-state index contributed by atoms with van der Waals surface area (Å²) in [5.41, 5.74) is 2.09. The van der Waals surface area contributed by atoms with E-state index in [-0.39, 0.29) is 10.8 Å². The van der Waals surface area contributed by atoms with Crippen LogP contribution in [0.2, 0.25) is 0 Å². The molecule has 7 nitrogen and oxygen atoms in total. The van der Waals surface area contributed by atoms with Crippen LogP contribution < -0.4 is 9.46 Å². The minimum absolute atomic E-state index is 0.162. The average Bonchev–Trinajstić information content (AvgIpc) is 2.97. The zero-order valence-corrected chi connectivity index (χ0v) is 14.3. The maximum atomic E-state index is 11.2. The van der Waals surface area contributed by atoms with Crippen molar-refractivity contribution in [3.05, 3.63) is 30.6 Å². The summed E-state index contributed by atoms with van der Waals surface area (Å²) in [6.45, 7) is 1.22. The first-order valence-corrected chi connectivity index (χ1v) is 9.80. The van der Waals surface area contributed by atoms with Gasteiger partial charge < -0.3 is 4.74 Å². The highest BCUT2D eigenvalue weighted by Gasteiger charge is 2.67. The zero-order valence-electron chi connectivity index (χ0n) is 13.4. The fraction of sp³-hybridized carbons (Fsp3) is 0.500. The van der Waals surface area contributed by atoms with Crippen LogP contribution in [0.4, 0.5) is 0 Å². The number of hydrogen-bond donors (Lipinski definition) is 2. The van der Waals surface area contributed by atoms with Gasteiger partial charge in [-0.1, -0.05) is 0 Å². The fourth-order valence-electron chi connectivity index (χ4n) is 4.12. The minimum Gasteiger partial charge on any atom is -0.491 e. The molecule has 3 aliphatic rings. The number of H-pyrrole nitrogens is 1. The van der Waals surface area contributed by atoms with E-state index in [1.54, 1.807) is 12.4 Å². The third-order valence-electron chi connectivity index (χ3n) is 5.02. The Labute approximate surface area is 140 Å². The normalized spacial score (nSPS) is 28.0. The molecule has 2 N–H and O–H groups in total. The zero-order chi connectivity index (χ0) is 16.8. The van der Waals surface area contributed by atoms with Crippen molar-refractivity contribution in [1.29, 1.82) is 0 Å². The maximum absolute atomic E-state index is 11.2. The van der Waals surface area contributed by atoms with Crippen molar-refractivity contribution in [3.8, 4) is 17.1 Å². The van der Waals surface area contributed by atoms with Crippen LogP contribution in [0.3, 0.4) is 0 Å². The van der Waals surface area contributed by atoms with E-state index in [9.17, 15) is 8.42 Å². The highest BCUT2D eigenvalue weighted by atomic mass is 32.2. The van der Waals surface area contributed by atoms with Crippen LogP contribution in [-0.2, 0) is 10.0 Å². The number of pyridine rings is 1. The van der Waals surface area contributed by atoms with E-state index in [0.717, 1.165) is 36.4 Å². The van der Waals surface area contributed by atoms with Crippen molar-refractivity contribution in [2.45, 2.75) is 19.3 Å². The van der Waals surface area contributed by atoms with E-state index in [1.807, 2.05) is 18.2 Å². The highest BCUT2D eigenvalue weighted by molar-refractivity contribution is 7.88. The van der Waals surface area contributed by atoms with Crippen LogP contribution in [0.5, 0.6) is 5.75 Å². The van der Waals surface area contributed by atoms with Crippen LogP contribution in [0, 0.1) is 10.8 Å². The Morgan fingerprint density at radius 1 is 1.25 bits per heavy atom. The molecule has 3 aliphatic carbocycles. The summed E-state index contributed by atoms with van der Waals surface area (Å²) in [5.74, 6) is 0.756. The van der Waals surface area contributed by atoms with E-state index in [2.05, 4.69) is 19.9 Å². The molecule has 0 radical (unpaired) electrons. The van der Waals surface area contributed by atoms with Gasteiger partial charge in [0.2, 0.25) is 10.0 Å². The molecule has 8 heteroatoms. The lowest BCUT2D eigenvalue weighted by molar-refractivity contribution is -0.213. The van der Waals surface area contributed by atoms with Gasteiger partial charge in [0.05, 0.1) is 30.4 Å². The van der Waals surface area contributed by atoms with Gasteiger partial charge >= 0.3 is 0 Å². The standard InChI is InChI=1S/C16H20N4O3S/c1-24(21,22)19-10-15-7-16(8-15,9-15)11-23-12-2-3-13(17-6-12)14-4-5-18-20-14/h2-6,19H,7-11H2,1H3,(H,18,20)/t15-,16+. The first kappa shape index (κ1) is 15.6. The summed E-state index contributed by atoms with van der Waals surface area (Å²) in [4.78, 5) is 4.38. The third-order valence-corrected chi connectivity index (χ3v) is 5.69. The molecule has 24 heavy (non-hydrogen) atoms. The number of nitrogens with zero attached hydrogens (tertiary/aromatic N) is 2. The van der Waals surface area contributed by atoms with Gasteiger partial charge in [0, 0.05) is 18.2 Å². The highest BCUT2D eigenvalue weighted by Crippen LogP contribution is 2.72. The van der Waals surface area contributed by atoms with Gasteiger partial charge in [0.15, 0.2) is 0 Å². The number of ether oxygens (including phenoxy) is 1. The van der Waals surface area contributed by atoms with Crippen LogP contribution in [0.15, 0.2) is 30.6 Å². The molecule has 0 unspecified atom stereocenters. The number of rotatable bonds is 7. The quantitative estimate of drug-likeness (QED) is 0.792. The van der Waals surface area contributed by atoms with E-state index in [1.165, 1.54) is 6.26 Å². The second kappa shape index (κ2) is 5.29. The monoisotopic (exact) mass is 348 g/mol. The molecular weight excluding hydrogens is 328 g/mol. The topological polar surface area (TPSA) is 97.0 Å². The van der Waals surface area contributed by atoms with Gasteiger partial charge in [-0.15, -0.1) is 0 Å². The van der Waals surface area contributed by atoms with Crippen LogP contribution in [0.25, 0.3) is 11.4 Å². The third kappa shape index (κ3) is 2.91. The van der Waals surface area contributed by atoms with Gasteiger partial charge in [0.25, 0.3) is 0 Å². The molecule has 2 aromatic heterocycles. The van der Waals surface area contributed by atoms with Gasteiger partial charge in [-0.25, -0.2) is 13.1 Å². The second-order valence-electron chi connectivity index (χ2n) is 7.26. The van der Waals surface area contributed by atoms with Crippen molar-refractivity contribution in [2.24, 2.45) is 10.8 Å². The molecule has 2 heterocycles. The lowest BCUT2D eigenvalue weighted by Gasteiger charge is -2.70. The summed E-state index contributed by atoms with van der Waals surface area (Å²) < 4.78 is 30.9. The summed E-state index contributed by atoms with van der Waals surface area (Å²) >= 11 is 0. The molecule has 0 spiro atoms. The molecule has 2 bridgehead atoms. The van der Waals surface area contributed by atoms with Crippen molar-refractivity contribution in [2.75, 3.05) is 19.4 Å². The Hall–Kier alpha value is -1.93. The Morgan fingerprint density at radius 3 is 2.62 bits per heavy atom. The Bertz CT molecular complexity index is 811. The Kier molecular flexibility index (Phi) is 3.43. The van der Waals surface area contributed by atoms with Crippen molar-refractivity contribution in [3.63, 3.8) is 0 Å². The van der Waals surface area contributed by atoms with E-state index in [0.29, 0.717) is 13.2 Å². The van der Waals surface area contributed by atoms with Gasteiger partial charge in [-0.05, 0) is 42.9 Å². The molecule has 0 aliphatic heterocycles. The Balaban J connectivity index is 1.27. The van der Waals surface area contributed by atoms with E-state index in [4.69, 9.17) is 4.74 Å². The minimum atomic E-state index is -3.10. The fourth-order valence-corrected chi connectivity index (χ4v) is 4.68.